The maximum Gasteiger partial charge on any atom is 0.436 e. The number of halogens is 1. The summed E-state index contributed by atoms with van der Waals surface area (Å²) in [5.41, 5.74) is 11.5. The fourth-order valence-electron chi connectivity index (χ4n) is 15.8. The van der Waals surface area contributed by atoms with Gasteiger partial charge in [-0.1, -0.05) is 185 Å². The number of aliphatic imine (C=N–C) groups is 1. The third kappa shape index (κ3) is 26.7. The SMILES string of the molecule is CC(c1nc(F)n[c-]c1-c1ccccn1)C1(C)CCCC1.CC1(CC2=C[Si](C)(C)C(C(C)(C)c3[c-]ccs3)=N2)CCCC1.CC1(Cc2ccc3[n-]c(-c4ncco4)nc3c2)CCCCCCC1.Cc1nc(-c2nc(CC3(C)CCCCC3)n[n-]2)co1.[B](n1cccn1)n1cccn1.[Ir].[Ir].[Pt].[Pt].c1cn[nH]c1.c1cn[nH]c1. The van der Waals surface area contributed by atoms with Crippen LogP contribution in [0.5, 0.6) is 0 Å². The Balaban J connectivity index is 0.000000187. The van der Waals surface area contributed by atoms with Crippen LogP contribution in [0.3, 0.4) is 0 Å². The zero-order valence-corrected chi connectivity index (χ0v) is 76.5. The first-order valence-corrected chi connectivity index (χ1v) is 42.1. The van der Waals surface area contributed by atoms with E-state index in [2.05, 4.69) is 184 Å². The number of hydrogen-bond acceptors (Lipinski definition) is 16. The molecule has 5 aliphatic rings. The van der Waals surface area contributed by atoms with E-state index in [0.29, 0.717) is 45.4 Å². The van der Waals surface area contributed by atoms with Gasteiger partial charge in [-0.2, -0.15) is 25.8 Å². The van der Waals surface area contributed by atoms with Gasteiger partial charge < -0.3 is 43.8 Å². The van der Waals surface area contributed by atoms with Crippen molar-refractivity contribution in [3.63, 3.8) is 0 Å². The quantitative estimate of drug-likeness (QED) is 0.0549. The van der Waals surface area contributed by atoms with Crippen molar-refractivity contribution < 1.29 is 95.6 Å². The molecule has 1 aliphatic heterocycles. The van der Waals surface area contributed by atoms with Gasteiger partial charge in [-0.05, 0) is 169 Å². The van der Waals surface area contributed by atoms with Crippen LogP contribution < -0.4 is 10.1 Å². The molecule has 3 radical (unpaired) electrons. The summed E-state index contributed by atoms with van der Waals surface area (Å²) in [5, 5.41) is 32.3. The van der Waals surface area contributed by atoms with Crippen LogP contribution in [0.4, 0.5) is 4.39 Å². The number of aryl methyl sites for hydroxylation is 1. The molecule has 111 heavy (non-hydrogen) atoms. The van der Waals surface area contributed by atoms with E-state index in [0.717, 1.165) is 59.5 Å². The Kier molecular flexibility index (Phi) is 36.0. The van der Waals surface area contributed by atoms with Crippen LogP contribution in [-0.2, 0) is 101 Å². The average molecular weight is 2250 g/mol. The Morgan fingerprint density at radius 2 is 1.29 bits per heavy atom. The van der Waals surface area contributed by atoms with Gasteiger partial charge >= 0.3 is 7.55 Å². The molecule has 11 aromatic heterocycles. The number of pyridine rings is 1. The molecule has 4 saturated carbocycles. The van der Waals surface area contributed by atoms with Gasteiger partial charge in [0, 0.05) is 173 Å². The average Bonchev–Trinajstić information content (AvgIpc) is 1.64. The second-order valence-corrected chi connectivity index (χ2v) is 36.8. The number of aromatic amines is 2. The van der Waals surface area contributed by atoms with Crippen molar-refractivity contribution in [2.24, 2.45) is 26.7 Å². The molecule has 12 heterocycles. The Morgan fingerprint density at radius 3 is 1.83 bits per heavy atom. The van der Waals surface area contributed by atoms with Crippen LogP contribution in [0, 0.1) is 46.9 Å². The summed E-state index contributed by atoms with van der Waals surface area (Å²) in [6.07, 6.45) is 52.3. The summed E-state index contributed by atoms with van der Waals surface area (Å²) < 4.78 is 27.4. The van der Waals surface area contributed by atoms with Crippen molar-refractivity contribution >= 4 is 43.3 Å². The predicted molar refractivity (Wildman–Crippen MR) is 423 cm³/mol. The number of benzene rings is 1. The maximum atomic E-state index is 13.6. The van der Waals surface area contributed by atoms with E-state index in [-0.39, 0.29) is 99.1 Å². The number of allylic oxidation sites excluding steroid dienone is 1. The van der Waals surface area contributed by atoms with Crippen molar-refractivity contribution in [2.45, 2.75) is 227 Å². The normalized spacial score (nSPS) is 17.0. The zero-order valence-electron chi connectivity index (χ0n) is 65.4. The number of thiophene rings is 1. The first kappa shape index (κ1) is 91.5. The van der Waals surface area contributed by atoms with Crippen LogP contribution in [0.15, 0.2) is 172 Å². The van der Waals surface area contributed by atoms with Crippen molar-refractivity contribution in [3.8, 4) is 34.5 Å². The molecule has 601 valence electrons. The largest absolute Gasteiger partial charge is 0.449 e. The number of nitrogens with zero attached hydrogens (tertiary/aromatic N) is 17. The first-order valence-electron chi connectivity index (χ1n) is 38.1. The van der Waals surface area contributed by atoms with E-state index in [9.17, 15) is 4.39 Å². The molecule has 4 fully saturated rings. The predicted octanol–water partition coefficient (Wildman–Crippen LogP) is 19.0. The molecule has 12 aromatic rings. The van der Waals surface area contributed by atoms with Gasteiger partial charge in [-0.25, -0.2) is 26.5 Å². The third-order valence-corrected chi connectivity index (χ3v) is 25.8. The van der Waals surface area contributed by atoms with Crippen LogP contribution >= 0.6 is 11.3 Å². The van der Waals surface area contributed by atoms with Crippen molar-refractivity contribution in [1.82, 2.24) is 89.8 Å². The van der Waals surface area contributed by atoms with E-state index < -0.39 is 14.2 Å². The van der Waals surface area contributed by atoms with Gasteiger partial charge in [0.1, 0.15) is 26.3 Å². The minimum atomic E-state index is -1.55. The topological polar surface area (TPSA) is 263 Å². The molecule has 17 rings (SSSR count). The number of imidazole rings is 1. The van der Waals surface area contributed by atoms with Crippen LogP contribution in [0.1, 0.15) is 217 Å². The standard InChI is InChI=1S/C20H24N3O.C19H28NSSi.C17H19FN3.C14H19N4O.C6H6BN4.2C3H4N2.2Ir.2Pt/c1-20(9-5-3-2-4-6-10-20)14-15-7-8-16-17(13-15)23-18(22-16)19-21-11-12-24-19;1-18(2,16-9-8-12-21-16)17-20-15(14-22(17,4)5)13-19(3)10-6-7-11-19;1-12(17(2)8-4-5-9-17)15-13(11-20-16(18)21-15)14-7-3-6-10-19-14;1-10-15-11(9-19-10)13-16-12(17-18-13)8-14(2)6-4-3-5-7-14;1-3-8-10(5-1)7-11-6-2-4-9-11;2*1-2-4-5-3-1;;;;/h7-8,11-13H,2-6,9-10,14H2,1H3;8,12,14H,6-7,10-11,13H2,1-5H3;3,6-7,10,12H,4-5,8-9H2,1-2H3;9H,3-8H2,1-2H3;1-6H;2*1-3H,(H,4,5);;;;/q4*-1;;;;;;;. The number of rotatable bonds is 15. The van der Waals surface area contributed by atoms with Crippen LogP contribution in [0.25, 0.3) is 45.5 Å². The zero-order chi connectivity index (χ0) is 75.2. The smallest absolute Gasteiger partial charge is 0.436 e. The summed E-state index contributed by atoms with van der Waals surface area (Å²) in [4.78, 5) is 40.5. The van der Waals surface area contributed by atoms with Crippen LogP contribution in [-0.4, -0.2) is 101 Å². The number of hydrogen-bond donors (Lipinski definition) is 2. The minimum Gasteiger partial charge on any atom is -0.449 e. The molecule has 29 heteroatoms. The molecule has 0 bridgehead atoms. The summed E-state index contributed by atoms with van der Waals surface area (Å²) in [5.74, 6) is 3.25. The molecule has 0 amide bonds. The fourth-order valence-corrected chi connectivity index (χ4v) is 20.0. The van der Waals surface area contributed by atoms with Crippen molar-refractivity contribution in [1.29, 1.82) is 0 Å². The van der Waals surface area contributed by atoms with Gasteiger partial charge in [0.05, 0.1) is 6.20 Å². The number of fused-ring (bicyclic) bond motifs is 1. The van der Waals surface area contributed by atoms with E-state index in [1.165, 1.54) is 143 Å². The molecule has 21 nitrogen and oxygen atoms in total. The van der Waals surface area contributed by atoms with Gasteiger partial charge in [0.15, 0.2) is 5.89 Å². The molecule has 1 atom stereocenters. The van der Waals surface area contributed by atoms with Gasteiger partial charge in [-0.3, -0.25) is 40.8 Å². The summed E-state index contributed by atoms with van der Waals surface area (Å²) in [6, 6.07) is 25.0. The van der Waals surface area contributed by atoms with Gasteiger partial charge in [-0.15, -0.1) is 0 Å². The third-order valence-electron chi connectivity index (χ3n) is 21.7. The van der Waals surface area contributed by atoms with E-state index in [1.54, 1.807) is 78.8 Å². The number of nitrogens with one attached hydrogen (secondary N) is 2. The Bertz CT molecular complexity index is 4500. The van der Waals surface area contributed by atoms with Crippen molar-refractivity contribution in [2.75, 3.05) is 0 Å². The molecule has 0 saturated heterocycles. The Morgan fingerprint density at radius 1 is 0.676 bits per heavy atom. The van der Waals surface area contributed by atoms with E-state index in [4.69, 9.17) is 13.8 Å². The maximum absolute atomic E-state index is 13.6. The molecule has 1 unspecified atom stereocenters. The molecule has 1 aromatic carbocycles. The number of H-pyrrole nitrogens is 2. The molecule has 4 aliphatic carbocycles. The molecular formula is C82H104BFIr2N19O2Pt2SSi-4. The summed E-state index contributed by atoms with van der Waals surface area (Å²) in [7, 11) is 0.223. The summed E-state index contributed by atoms with van der Waals surface area (Å²) in [6.45, 7) is 23.0. The molecular weight excluding hydrogens is 2150 g/mol. The second-order valence-electron chi connectivity index (χ2n) is 31.6. The minimum absolute atomic E-state index is 0. The van der Waals surface area contributed by atoms with Crippen LogP contribution in [0.2, 0.25) is 13.1 Å². The van der Waals surface area contributed by atoms with Gasteiger partial charge in [0.2, 0.25) is 12.0 Å². The monoisotopic (exact) mass is 2250 g/mol. The van der Waals surface area contributed by atoms with Gasteiger partial charge in [0.25, 0.3) is 0 Å². The first-order chi connectivity index (χ1) is 51.6. The number of oxazole rings is 2. The fraction of sp³-hybridized carbons (Fsp3) is 0.476. The Labute approximate surface area is 715 Å². The Hall–Kier alpha value is -6.68. The summed E-state index contributed by atoms with van der Waals surface area (Å²) >= 11 is 1.81. The molecule has 2 N–H and O–H groups in total. The van der Waals surface area contributed by atoms with Crippen molar-refractivity contribution in [3.05, 3.63) is 204 Å². The van der Waals surface area contributed by atoms with E-state index >= 15 is 0 Å². The second kappa shape index (κ2) is 43.7. The molecule has 0 spiro atoms. The number of aromatic nitrogens is 18. The van der Waals surface area contributed by atoms with E-state index in [1.807, 2.05) is 79.2 Å².